The van der Waals surface area contributed by atoms with E-state index in [0.29, 0.717) is 10.7 Å². The molecule has 0 spiro atoms. The van der Waals surface area contributed by atoms with Crippen LogP contribution in [0.5, 0.6) is 0 Å². The zero-order chi connectivity index (χ0) is 20.6. The van der Waals surface area contributed by atoms with Crippen LogP contribution in [0.3, 0.4) is 0 Å². The number of anilines is 1. The van der Waals surface area contributed by atoms with Gasteiger partial charge in [0.1, 0.15) is 0 Å². The molecule has 0 saturated heterocycles. The van der Waals surface area contributed by atoms with Crippen molar-refractivity contribution in [3.63, 3.8) is 0 Å². The lowest BCUT2D eigenvalue weighted by molar-refractivity contribution is 0.681. The number of fused-ring (bicyclic) bond motifs is 1. The third-order valence-corrected chi connectivity index (χ3v) is 5.76. The summed E-state index contributed by atoms with van der Waals surface area (Å²) in [5.74, 6) is 0.558. The van der Waals surface area contributed by atoms with E-state index in [2.05, 4.69) is 26.0 Å². The maximum atomic E-state index is 12.9. The van der Waals surface area contributed by atoms with Crippen LogP contribution in [-0.4, -0.2) is 28.8 Å². The minimum absolute atomic E-state index is 0.510. The van der Waals surface area contributed by atoms with E-state index in [4.69, 9.17) is 0 Å². The zero-order valence-electron chi connectivity index (χ0n) is 16.2. The fourth-order valence-corrected chi connectivity index (χ4v) is 3.82. The third kappa shape index (κ3) is 3.50. The fourth-order valence-electron chi connectivity index (χ4n) is 3.00. The predicted molar refractivity (Wildman–Crippen MR) is 111 cm³/mol. The van der Waals surface area contributed by atoms with Crippen molar-refractivity contribution in [2.75, 3.05) is 4.72 Å². The molecule has 9 heteroatoms. The van der Waals surface area contributed by atoms with Gasteiger partial charge in [0.2, 0.25) is 0 Å². The summed E-state index contributed by atoms with van der Waals surface area (Å²) in [7, 11) is 0.329. The van der Waals surface area contributed by atoms with Crippen molar-refractivity contribution in [2.45, 2.75) is 24.2 Å². The lowest BCUT2D eigenvalue weighted by Gasteiger charge is -2.16. The van der Waals surface area contributed by atoms with Crippen LogP contribution < -0.4 is 4.72 Å². The van der Waals surface area contributed by atoms with Gasteiger partial charge in [-0.3, -0.25) is 9.40 Å². The average molecular weight is 405 g/mol. The molecule has 1 N–H and O–H groups in total. The molecule has 29 heavy (non-hydrogen) atoms. The first-order chi connectivity index (χ1) is 13.9. The Morgan fingerprint density at radius 1 is 1.21 bits per heavy atom. The van der Waals surface area contributed by atoms with E-state index in [1.807, 2.05) is 51.2 Å². The highest BCUT2D eigenvalue weighted by atomic mass is 32.2. The van der Waals surface area contributed by atoms with Crippen molar-refractivity contribution in [3.05, 3.63) is 60.7 Å². The van der Waals surface area contributed by atoms with Crippen molar-refractivity contribution >= 4 is 27.6 Å². The molecule has 1 aromatic carbocycles. The van der Waals surface area contributed by atoms with Gasteiger partial charge in [0, 0.05) is 18.6 Å². The first-order valence-corrected chi connectivity index (χ1v) is 10.1. The Labute approximate surface area is 170 Å². The molecule has 0 aliphatic rings. The standard InChI is InChI=1S/C20H19N7OS/c1-20(2,13-21)15-7-8-22-18(9-15)27-12-16(11-24-27)29(28)25-17-6-4-5-14-10-23-26(3)19(14)17/h4-12,25H,1-3H3. The average Bonchev–Trinajstić information content (AvgIpc) is 3.36. The molecule has 0 radical (unpaired) electrons. The highest BCUT2D eigenvalue weighted by Gasteiger charge is 2.21. The Hall–Kier alpha value is -3.51. The summed E-state index contributed by atoms with van der Waals surface area (Å²) in [6.45, 7) is 3.69. The van der Waals surface area contributed by atoms with Gasteiger partial charge in [-0.1, -0.05) is 12.1 Å². The molecule has 0 aliphatic heterocycles. The van der Waals surface area contributed by atoms with Crippen molar-refractivity contribution in [1.82, 2.24) is 24.5 Å². The summed E-state index contributed by atoms with van der Waals surface area (Å²) in [6, 6.07) is 11.6. The molecule has 1 atom stereocenters. The fraction of sp³-hybridized carbons (Fsp3) is 0.200. The van der Waals surface area contributed by atoms with Crippen LogP contribution in [0.1, 0.15) is 19.4 Å². The Bertz CT molecular complexity index is 1270. The van der Waals surface area contributed by atoms with Gasteiger partial charge < -0.3 is 0 Å². The molecule has 4 rings (SSSR count). The number of nitriles is 1. The second kappa shape index (κ2) is 7.14. The Morgan fingerprint density at radius 2 is 2.03 bits per heavy atom. The maximum absolute atomic E-state index is 12.9. The summed E-state index contributed by atoms with van der Waals surface area (Å²) < 4.78 is 19.2. The van der Waals surface area contributed by atoms with Gasteiger partial charge in [0.15, 0.2) is 16.8 Å². The molecule has 0 bridgehead atoms. The van der Waals surface area contributed by atoms with Crippen LogP contribution in [0.15, 0.2) is 60.0 Å². The van der Waals surface area contributed by atoms with Gasteiger partial charge >= 0.3 is 0 Å². The predicted octanol–water partition coefficient (Wildman–Crippen LogP) is 3.09. The number of pyridine rings is 1. The van der Waals surface area contributed by atoms with Crippen molar-refractivity contribution < 1.29 is 4.21 Å². The highest BCUT2D eigenvalue weighted by Crippen LogP contribution is 2.25. The summed E-state index contributed by atoms with van der Waals surface area (Å²) >= 11 is 0. The number of nitrogens with zero attached hydrogens (tertiary/aromatic N) is 6. The van der Waals surface area contributed by atoms with Crippen LogP contribution in [0.2, 0.25) is 0 Å². The summed E-state index contributed by atoms with van der Waals surface area (Å²) in [4.78, 5) is 4.83. The topological polar surface area (TPSA) is 101 Å². The van der Waals surface area contributed by atoms with Crippen molar-refractivity contribution in [1.29, 1.82) is 5.26 Å². The van der Waals surface area contributed by atoms with E-state index in [9.17, 15) is 9.47 Å². The number of rotatable bonds is 5. The summed E-state index contributed by atoms with van der Waals surface area (Å²) in [5, 5.41) is 18.9. The number of nitrogens with one attached hydrogen (secondary N) is 1. The van der Waals surface area contributed by atoms with Gasteiger partial charge in [0.05, 0.1) is 46.2 Å². The van der Waals surface area contributed by atoms with Gasteiger partial charge in [-0.05, 0) is 37.6 Å². The molecule has 146 valence electrons. The summed E-state index contributed by atoms with van der Waals surface area (Å²) in [6.07, 6.45) is 6.61. The molecule has 8 nitrogen and oxygen atoms in total. The lowest BCUT2D eigenvalue weighted by Crippen LogP contribution is -2.14. The minimum atomic E-state index is -1.51. The normalized spacial score (nSPS) is 12.6. The molecule has 3 aromatic heterocycles. The van der Waals surface area contributed by atoms with E-state index in [-0.39, 0.29) is 0 Å². The van der Waals surface area contributed by atoms with Gasteiger partial charge in [-0.25, -0.2) is 13.9 Å². The Kier molecular flexibility index (Phi) is 4.64. The SMILES string of the molecule is Cn1ncc2cccc(NS(=O)c3cnn(-c4cc(C(C)(C)C#N)ccn4)c3)c21. The number of benzene rings is 1. The number of aryl methyl sites for hydroxylation is 1. The Balaban J connectivity index is 1.61. The van der Waals surface area contributed by atoms with E-state index in [0.717, 1.165) is 22.2 Å². The monoisotopic (exact) mass is 405 g/mol. The molecular weight excluding hydrogens is 386 g/mol. The van der Waals surface area contributed by atoms with E-state index in [1.54, 1.807) is 28.0 Å². The third-order valence-electron chi connectivity index (χ3n) is 4.72. The second-order valence-electron chi connectivity index (χ2n) is 7.14. The molecule has 0 amide bonds. The van der Waals surface area contributed by atoms with E-state index in [1.165, 1.54) is 6.20 Å². The van der Waals surface area contributed by atoms with Crippen LogP contribution in [-0.2, 0) is 23.4 Å². The van der Waals surface area contributed by atoms with Crippen LogP contribution in [0.4, 0.5) is 5.69 Å². The minimum Gasteiger partial charge on any atom is -0.299 e. The largest absolute Gasteiger partial charge is 0.299 e. The molecule has 0 saturated carbocycles. The van der Waals surface area contributed by atoms with Crippen LogP contribution in [0, 0.1) is 11.3 Å². The molecule has 3 heterocycles. The molecule has 4 aromatic rings. The van der Waals surface area contributed by atoms with E-state index < -0.39 is 16.4 Å². The second-order valence-corrected chi connectivity index (χ2v) is 8.36. The van der Waals surface area contributed by atoms with Gasteiger partial charge in [0.25, 0.3) is 0 Å². The number of aromatic nitrogens is 5. The molecule has 1 unspecified atom stereocenters. The number of para-hydroxylation sites is 1. The highest BCUT2D eigenvalue weighted by molar-refractivity contribution is 7.86. The smallest absolute Gasteiger partial charge is 0.153 e. The Morgan fingerprint density at radius 3 is 2.83 bits per heavy atom. The van der Waals surface area contributed by atoms with Crippen LogP contribution >= 0.6 is 0 Å². The van der Waals surface area contributed by atoms with Crippen LogP contribution in [0.25, 0.3) is 16.7 Å². The van der Waals surface area contributed by atoms with Gasteiger partial charge in [-0.15, -0.1) is 0 Å². The maximum Gasteiger partial charge on any atom is 0.153 e. The summed E-state index contributed by atoms with van der Waals surface area (Å²) in [5.41, 5.74) is 1.80. The van der Waals surface area contributed by atoms with Crippen molar-refractivity contribution in [3.8, 4) is 11.9 Å². The quantitative estimate of drug-likeness (QED) is 0.550. The number of hydrogen-bond acceptors (Lipinski definition) is 5. The molecule has 0 aliphatic carbocycles. The zero-order valence-corrected chi connectivity index (χ0v) is 17.0. The molecule has 0 fully saturated rings. The van der Waals surface area contributed by atoms with E-state index >= 15 is 0 Å². The van der Waals surface area contributed by atoms with Gasteiger partial charge in [-0.2, -0.15) is 15.5 Å². The number of hydrogen-bond donors (Lipinski definition) is 1. The van der Waals surface area contributed by atoms with Crippen molar-refractivity contribution in [2.24, 2.45) is 7.05 Å². The first-order valence-electron chi connectivity index (χ1n) is 8.91. The first kappa shape index (κ1) is 18.8. The molecular formula is C20H19N7OS. The lowest BCUT2D eigenvalue weighted by atomic mass is 9.87.